The van der Waals surface area contributed by atoms with Crippen LogP contribution in [0.25, 0.3) is 0 Å². The average Bonchev–Trinajstić information content (AvgIpc) is 2.54. The largest absolute Gasteiger partial charge is 0.382 e. The standard InChI is InChI=1S/C9H15NO2/c1-8(11-2)5-9(6-10)3-4-12-7-9/h8H,3-5,7H2,1-2H3. The Kier molecular flexibility index (Phi) is 3.07. The van der Waals surface area contributed by atoms with E-state index in [1.807, 2.05) is 6.92 Å². The molecule has 1 rings (SSSR count). The van der Waals surface area contributed by atoms with Crippen molar-refractivity contribution in [3.05, 3.63) is 0 Å². The zero-order chi connectivity index (χ0) is 9.03. The van der Waals surface area contributed by atoms with Crippen molar-refractivity contribution >= 4 is 0 Å². The van der Waals surface area contributed by atoms with Gasteiger partial charge in [-0.05, 0) is 19.8 Å². The molecule has 1 fully saturated rings. The molecule has 3 heteroatoms. The number of nitriles is 1. The van der Waals surface area contributed by atoms with E-state index >= 15 is 0 Å². The molecule has 0 N–H and O–H groups in total. The third-order valence-corrected chi connectivity index (χ3v) is 2.42. The van der Waals surface area contributed by atoms with E-state index in [0.29, 0.717) is 13.2 Å². The minimum Gasteiger partial charge on any atom is -0.382 e. The topological polar surface area (TPSA) is 42.2 Å². The first-order valence-electron chi connectivity index (χ1n) is 4.24. The van der Waals surface area contributed by atoms with E-state index in [9.17, 15) is 0 Å². The molecule has 0 saturated carbocycles. The van der Waals surface area contributed by atoms with E-state index in [4.69, 9.17) is 14.7 Å². The van der Waals surface area contributed by atoms with Gasteiger partial charge in [0.15, 0.2) is 0 Å². The quantitative estimate of drug-likeness (QED) is 0.640. The number of nitrogens with zero attached hydrogens (tertiary/aromatic N) is 1. The summed E-state index contributed by atoms with van der Waals surface area (Å²) in [4.78, 5) is 0. The van der Waals surface area contributed by atoms with Gasteiger partial charge in [-0.2, -0.15) is 5.26 Å². The summed E-state index contributed by atoms with van der Waals surface area (Å²) in [6.07, 6.45) is 1.77. The normalized spacial score (nSPS) is 31.4. The van der Waals surface area contributed by atoms with Gasteiger partial charge in [-0.3, -0.25) is 0 Å². The Labute approximate surface area is 73.3 Å². The predicted octanol–water partition coefficient (Wildman–Crippen LogP) is 1.34. The number of hydrogen-bond acceptors (Lipinski definition) is 3. The van der Waals surface area contributed by atoms with Crippen molar-refractivity contribution in [2.75, 3.05) is 20.3 Å². The Bertz CT molecular complexity index is 179. The monoisotopic (exact) mass is 169 g/mol. The van der Waals surface area contributed by atoms with Gasteiger partial charge in [0, 0.05) is 13.7 Å². The van der Waals surface area contributed by atoms with Crippen LogP contribution in [0.15, 0.2) is 0 Å². The summed E-state index contributed by atoms with van der Waals surface area (Å²) in [7, 11) is 1.67. The van der Waals surface area contributed by atoms with Crippen molar-refractivity contribution < 1.29 is 9.47 Å². The van der Waals surface area contributed by atoms with Gasteiger partial charge in [0.2, 0.25) is 0 Å². The van der Waals surface area contributed by atoms with Crippen LogP contribution >= 0.6 is 0 Å². The highest BCUT2D eigenvalue weighted by Gasteiger charge is 2.36. The average molecular weight is 169 g/mol. The lowest BCUT2D eigenvalue weighted by Crippen LogP contribution is -2.24. The second-order valence-electron chi connectivity index (χ2n) is 3.45. The number of methoxy groups -OCH3 is 1. The van der Waals surface area contributed by atoms with Crippen LogP contribution in [-0.4, -0.2) is 26.4 Å². The van der Waals surface area contributed by atoms with E-state index in [-0.39, 0.29) is 11.5 Å². The van der Waals surface area contributed by atoms with Crippen molar-refractivity contribution in [3.63, 3.8) is 0 Å². The lowest BCUT2D eigenvalue weighted by molar-refractivity contribution is 0.0738. The maximum Gasteiger partial charge on any atom is 0.0853 e. The van der Waals surface area contributed by atoms with Crippen LogP contribution in [-0.2, 0) is 9.47 Å². The van der Waals surface area contributed by atoms with Crippen molar-refractivity contribution in [1.82, 2.24) is 0 Å². The molecule has 0 aromatic carbocycles. The van der Waals surface area contributed by atoms with Crippen LogP contribution in [0.5, 0.6) is 0 Å². The summed E-state index contributed by atoms with van der Waals surface area (Å²) in [6.45, 7) is 3.26. The zero-order valence-electron chi connectivity index (χ0n) is 7.67. The van der Waals surface area contributed by atoms with Gasteiger partial charge >= 0.3 is 0 Å². The van der Waals surface area contributed by atoms with E-state index in [1.165, 1.54) is 0 Å². The highest BCUT2D eigenvalue weighted by Crippen LogP contribution is 2.33. The molecule has 68 valence electrons. The van der Waals surface area contributed by atoms with Crippen LogP contribution < -0.4 is 0 Å². The fourth-order valence-corrected chi connectivity index (χ4v) is 1.54. The lowest BCUT2D eigenvalue weighted by Gasteiger charge is -2.21. The van der Waals surface area contributed by atoms with E-state index in [2.05, 4.69) is 6.07 Å². The fourth-order valence-electron chi connectivity index (χ4n) is 1.54. The maximum absolute atomic E-state index is 8.98. The summed E-state index contributed by atoms with van der Waals surface area (Å²) >= 11 is 0. The molecule has 12 heavy (non-hydrogen) atoms. The second-order valence-corrected chi connectivity index (χ2v) is 3.45. The Morgan fingerprint density at radius 1 is 1.75 bits per heavy atom. The molecule has 2 atom stereocenters. The molecule has 0 spiro atoms. The zero-order valence-corrected chi connectivity index (χ0v) is 7.67. The number of ether oxygens (including phenoxy) is 2. The SMILES string of the molecule is COC(C)CC1(C#N)CCOC1. The smallest absolute Gasteiger partial charge is 0.0853 e. The maximum atomic E-state index is 8.98. The van der Waals surface area contributed by atoms with E-state index in [0.717, 1.165) is 12.8 Å². The summed E-state index contributed by atoms with van der Waals surface area (Å²) in [5, 5.41) is 8.98. The van der Waals surface area contributed by atoms with Crippen LogP contribution in [0.4, 0.5) is 0 Å². The molecule has 1 heterocycles. The first-order valence-corrected chi connectivity index (χ1v) is 4.24. The van der Waals surface area contributed by atoms with Gasteiger partial charge in [0.25, 0.3) is 0 Å². The Hall–Kier alpha value is -0.590. The predicted molar refractivity (Wildman–Crippen MR) is 44.6 cm³/mol. The van der Waals surface area contributed by atoms with Gasteiger partial charge in [0.1, 0.15) is 0 Å². The minimum absolute atomic E-state index is 0.145. The summed E-state index contributed by atoms with van der Waals surface area (Å²) in [5.74, 6) is 0. The molecule has 0 bridgehead atoms. The molecule has 1 aliphatic heterocycles. The number of rotatable bonds is 3. The molecule has 0 amide bonds. The van der Waals surface area contributed by atoms with Crippen LogP contribution in [0, 0.1) is 16.7 Å². The van der Waals surface area contributed by atoms with Gasteiger partial charge in [-0.25, -0.2) is 0 Å². The highest BCUT2D eigenvalue weighted by molar-refractivity contribution is 5.02. The fraction of sp³-hybridized carbons (Fsp3) is 0.889. The Morgan fingerprint density at radius 3 is 2.92 bits per heavy atom. The second kappa shape index (κ2) is 3.88. The van der Waals surface area contributed by atoms with Gasteiger partial charge in [-0.15, -0.1) is 0 Å². The molecule has 3 nitrogen and oxygen atoms in total. The first-order chi connectivity index (χ1) is 5.72. The molecular weight excluding hydrogens is 154 g/mol. The molecule has 1 saturated heterocycles. The molecule has 0 radical (unpaired) electrons. The van der Waals surface area contributed by atoms with Crippen molar-refractivity contribution in [2.45, 2.75) is 25.9 Å². The third kappa shape index (κ3) is 1.96. The molecule has 2 unspecified atom stereocenters. The van der Waals surface area contributed by atoms with Gasteiger partial charge < -0.3 is 9.47 Å². The van der Waals surface area contributed by atoms with Crippen LogP contribution in [0.1, 0.15) is 19.8 Å². The van der Waals surface area contributed by atoms with Crippen molar-refractivity contribution in [2.24, 2.45) is 5.41 Å². The molecule has 0 aliphatic carbocycles. The van der Waals surface area contributed by atoms with Crippen molar-refractivity contribution in [3.8, 4) is 6.07 Å². The summed E-state index contributed by atoms with van der Waals surface area (Å²) in [5.41, 5.74) is -0.282. The lowest BCUT2D eigenvalue weighted by atomic mass is 9.83. The molecule has 1 aliphatic rings. The van der Waals surface area contributed by atoms with Gasteiger partial charge in [-0.1, -0.05) is 0 Å². The molecule has 0 aromatic rings. The summed E-state index contributed by atoms with van der Waals surface area (Å²) < 4.78 is 10.4. The van der Waals surface area contributed by atoms with Crippen LogP contribution in [0.2, 0.25) is 0 Å². The molecular formula is C9H15NO2. The van der Waals surface area contributed by atoms with Crippen molar-refractivity contribution in [1.29, 1.82) is 5.26 Å². The highest BCUT2D eigenvalue weighted by atomic mass is 16.5. The van der Waals surface area contributed by atoms with Crippen LogP contribution in [0.3, 0.4) is 0 Å². The van der Waals surface area contributed by atoms with E-state index < -0.39 is 0 Å². The first kappa shape index (κ1) is 9.50. The van der Waals surface area contributed by atoms with E-state index in [1.54, 1.807) is 7.11 Å². The third-order valence-electron chi connectivity index (χ3n) is 2.42. The Balaban J connectivity index is 2.51. The minimum atomic E-state index is -0.282. The summed E-state index contributed by atoms with van der Waals surface area (Å²) in [6, 6.07) is 2.34. The van der Waals surface area contributed by atoms with Gasteiger partial charge in [0.05, 0.1) is 24.2 Å². The number of hydrogen-bond donors (Lipinski definition) is 0. The Morgan fingerprint density at radius 2 is 2.50 bits per heavy atom. The molecule has 0 aromatic heterocycles.